The highest BCUT2D eigenvalue weighted by Gasteiger charge is 2.32. The third-order valence-electron chi connectivity index (χ3n) is 5.74. The molecule has 1 aromatic heterocycles. The zero-order valence-electron chi connectivity index (χ0n) is 19.8. The number of anilines is 1. The van der Waals surface area contributed by atoms with Crippen LogP contribution in [0.15, 0.2) is 35.0 Å². The van der Waals surface area contributed by atoms with Gasteiger partial charge >= 0.3 is 0 Å². The molecular weight excluding hydrogens is 464 g/mol. The molecule has 0 saturated heterocycles. The Balaban J connectivity index is 1.97. The number of rotatable bonds is 4. The standard InChI is InChI=1S/C22H30N4O7S/c1-14-11-26(34(5,29)30)15(2)13-32-19-10-16(24-21(27)18-8-9-23-33-18)6-7-17(19)22(28)25(3)12-20(14)31-4/h6-10,14-15,20H,11-13H2,1-5H3,(H,24,27)/t14-,15+,20+/m0/s1. The predicted molar refractivity (Wildman–Crippen MR) is 124 cm³/mol. The van der Waals surface area contributed by atoms with Crippen LogP contribution >= 0.6 is 0 Å². The maximum Gasteiger partial charge on any atom is 0.294 e. The Bertz CT molecular complexity index is 1120. The maximum atomic E-state index is 13.2. The molecule has 0 aliphatic carbocycles. The van der Waals surface area contributed by atoms with Crippen LogP contribution in [0, 0.1) is 5.92 Å². The van der Waals surface area contributed by atoms with Crippen molar-refractivity contribution in [1.29, 1.82) is 0 Å². The van der Waals surface area contributed by atoms with Crippen LogP contribution in [-0.2, 0) is 14.8 Å². The molecule has 186 valence electrons. The van der Waals surface area contributed by atoms with Crippen molar-refractivity contribution in [1.82, 2.24) is 14.4 Å². The summed E-state index contributed by atoms with van der Waals surface area (Å²) in [5.74, 6) is -0.727. The Morgan fingerprint density at radius 2 is 1.97 bits per heavy atom. The summed E-state index contributed by atoms with van der Waals surface area (Å²) in [7, 11) is -0.347. The number of nitrogens with zero attached hydrogens (tertiary/aromatic N) is 3. The Labute approximate surface area is 199 Å². The topological polar surface area (TPSA) is 131 Å². The van der Waals surface area contributed by atoms with Gasteiger partial charge in [0.2, 0.25) is 15.8 Å². The van der Waals surface area contributed by atoms with Gasteiger partial charge in [-0.1, -0.05) is 12.1 Å². The molecule has 1 aliphatic heterocycles. The largest absolute Gasteiger partial charge is 0.491 e. The smallest absolute Gasteiger partial charge is 0.294 e. The number of amides is 2. The molecule has 0 saturated carbocycles. The quantitative estimate of drug-likeness (QED) is 0.679. The number of fused-ring (bicyclic) bond motifs is 1. The number of methoxy groups -OCH3 is 1. The van der Waals surface area contributed by atoms with Crippen molar-refractivity contribution in [2.75, 3.05) is 45.4 Å². The number of likely N-dealkylation sites (N-methyl/N-ethyl adjacent to an activating group) is 1. The van der Waals surface area contributed by atoms with Crippen molar-refractivity contribution in [3.05, 3.63) is 41.8 Å². The molecule has 2 aromatic rings. The van der Waals surface area contributed by atoms with Crippen molar-refractivity contribution in [3.8, 4) is 5.75 Å². The summed E-state index contributed by atoms with van der Waals surface area (Å²) in [6.07, 6.45) is 2.13. The maximum absolute atomic E-state index is 13.2. The summed E-state index contributed by atoms with van der Waals surface area (Å²) in [5.41, 5.74) is 0.653. The number of benzene rings is 1. The number of hydrogen-bond acceptors (Lipinski definition) is 8. The zero-order chi connectivity index (χ0) is 25.0. The van der Waals surface area contributed by atoms with Crippen molar-refractivity contribution < 1.29 is 32.0 Å². The van der Waals surface area contributed by atoms with Crippen LogP contribution < -0.4 is 10.1 Å². The van der Waals surface area contributed by atoms with E-state index in [1.807, 2.05) is 6.92 Å². The summed E-state index contributed by atoms with van der Waals surface area (Å²) in [6, 6.07) is 5.57. The van der Waals surface area contributed by atoms with Gasteiger partial charge in [0.15, 0.2) is 0 Å². The first-order chi connectivity index (χ1) is 16.0. The second-order valence-corrected chi connectivity index (χ2v) is 10.4. The van der Waals surface area contributed by atoms with E-state index in [0.29, 0.717) is 5.69 Å². The van der Waals surface area contributed by atoms with Gasteiger partial charge in [0.1, 0.15) is 12.4 Å². The van der Waals surface area contributed by atoms with Crippen LogP contribution in [0.3, 0.4) is 0 Å². The lowest BCUT2D eigenvalue weighted by Gasteiger charge is -2.34. The third kappa shape index (κ3) is 5.93. The number of hydrogen-bond donors (Lipinski definition) is 1. The minimum atomic E-state index is -3.54. The van der Waals surface area contributed by atoms with Crippen molar-refractivity contribution >= 4 is 27.5 Å². The molecule has 34 heavy (non-hydrogen) atoms. The van der Waals surface area contributed by atoms with Gasteiger partial charge in [0.25, 0.3) is 11.8 Å². The number of sulfonamides is 1. The predicted octanol–water partition coefficient (Wildman–Crippen LogP) is 1.69. The van der Waals surface area contributed by atoms with Crippen LogP contribution in [0.2, 0.25) is 0 Å². The number of carbonyl (C=O) groups excluding carboxylic acids is 2. The van der Waals surface area contributed by atoms with Crippen molar-refractivity contribution in [2.45, 2.75) is 26.0 Å². The van der Waals surface area contributed by atoms with Gasteiger partial charge in [-0.05, 0) is 25.0 Å². The lowest BCUT2D eigenvalue weighted by molar-refractivity contribution is 0.0213. The first-order valence-corrected chi connectivity index (χ1v) is 12.6. The average molecular weight is 495 g/mol. The average Bonchev–Trinajstić information content (AvgIpc) is 3.32. The van der Waals surface area contributed by atoms with E-state index in [9.17, 15) is 18.0 Å². The zero-order valence-corrected chi connectivity index (χ0v) is 20.7. The molecule has 1 aromatic carbocycles. The number of aromatic nitrogens is 1. The molecule has 0 fully saturated rings. The first kappa shape index (κ1) is 25.7. The van der Waals surface area contributed by atoms with Gasteiger partial charge in [0.05, 0.1) is 30.2 Å². The fourth-order valence-electron chi connectivity index (χ4n) is 3.80. The Morgan fingerprint density at radius 1 is 1.24 bits per heavy atom. The molecule has 3 atom stereocenters. The van der Waals surface area contributed by atoms with Crippen LogP contribution in [0.1, 0.15) is 34.8 Å². The highest BCUT2D eigenvalue weighted by molar-refractivity contribution is 7.88. The summed E-state index contributed by atoms with van der Waals surface area (Å²) in [6.45, 7) is 4.10. The van der Waals surface area contributed by atoms with E-state index in [1.165, 1.54) is 27.5 Å². The minimum absolute atomic E-state index is 0.000929. The van der Waals surface area contributed by atoms with Crippen LogP contribution in [-0.4, -0.2) is 86.8 Å². The Hall–Kier alpha value is -2.96. The van der Waals surface area contributed by atoms with Crippen LogP contribution in [0.25, 0.3) is 0 Å². The van der Waals surface area contributed by atoms with Crippen LogP contribution in [0.5, 0.6) is 5.75 Å². The van der Waals surface area contributed by atoms with E-state index >= 15 is 0 Å². The van der Waals surface area contributed by atoms with Gasteiger partial charge in [-0.3, -0.25) is 9.59 Å². The summed E-state index contributed by atoms with van der Waals surface area (Å²) < 4.78 is 42.8. The third-order valence-corrected chi connectivity index (χ3v) is 7.10. The molecule has 0 bridgehead atoms. The van der Waals surface area contributed by atoms with Gasteiger partial charge in [0, 0.05) is 45.1 Å². The summed E-state index contributed by atoms with van der Waals surface area (Å²) in [5, 5.41) is 6.18. The van der Waals surface area contributed by atoms with E-state index < -0.39 is 22.0 Å². The highest BCUT2D eigenvalue weighted by Crippen LogP contribution is 2.27. The Kier molecular flexibility index (Phi) is 7.95. The van der Waals surface area contributed by atoms with Gasteiger partial charge < -0.3 is 24.2 Å². The molecule has 11 nitrogen and oxygen atoms in total. The van der Waals surface area contributed by atoms with Crippen molar-refractivity contribution in [3.63, 3.8) is 0 Å². The second kappa shape index (κ2) is 10.5. The van der Waals surface area contributed by atoms with E-state index in [1.54, 1.807) is 33.2 Å². The summed E-state index contributed by atoms with van der Waals surface area (Å²) in [4.78, 5) is 27.1. The molecule has 2 heterocycles. The molecule has 1 N–H and O–H groups in total. The van der Waals surface area contributed by atoms with E-state index in [2.05, 4.69) is 10.5 Å². The Morgan fingerprint density at radius 3 is 2.59 bits per heavy atom. The molecule has 0 spiro atoms. The second-order valence-electron chi connectivity index (χ2n) is 8.47. The fraction of sp³-hybridized carbons (Fsp3) is 0.500. The normalized spacial score (nSPS) is 22.8. The molecule has 12 heteroatoms. The van der Waals surface area contributed by atoms with Gasteiger partial charge in [-0.2, -0.15) is 4.31 Å². The molecule has 0 unspecified atom stereocenters. The lowest BCUT2D eigenvalue weighted by Crippen LogP contribution is -2.48. The highest BCUT2D eigenvalue weighted by atomic mass is 32.2. The summed E-state index contributed by atoms with van der Waals surface area (Å²) >= 11 is 0. The lowest BCUT2D eigenvalue weighted by atomic mass is 10.0. The SMILES string of the molecule is CO[C@@H]1CN(C)C(=O)c2ccc(NC(=O)c3ccno3)cc2OC[C@@H](C)N(S(C)(=O)=O)C[C@@H]1C. The number of nitrogens with one attached hydrogen (secondary N) is 1. The minimum Gasteiger partial charge on any atom is -0.491 e. The van der Waals surface area contributed by atoms with Crippen LogP contribution in [0.4, 0.5) is 5.69 Å². The number of ether oxygens (including phenoxy) is 2. The van der Waals surface area contributed by atoms with Crippen molar-refractivity contribution in [2.24, 2.45) is 5.92 Å². The van der Waals surface area contributed by atoms with E-state index in [4.69, 9.17) is 14.0 Å². The molecule has 3 rings (SSSR count). The van der Waals surface area contributed by atoms with E-state index in [-0.39, 0.29) is 54.7 Å². The van der Waals surface area contributed by atoms with Gasteiger partial charge in [-0.15, -0.1) is 0 Å². The molecule has 0 radical (unpaired) electrons. The molecule has 2 amide bonds. The number of carbonyl (C=O) groups is 2. The monoisotopic (exact) mass is 494 g/mol. The molecular formula is C22H30N4O7S. The molecule has 1 aliphatic rings. The first-order valence-electron chi connectivity index (χ1n) is 10.7. The van der Waals surface area contributed by atoms with Gasteiger partial charge in [-0.25, -0.2) is 8.42 Å². The fourth-order valence-corrected chi connectivity index (χ4v) is 5.02. The van der Waals surface area contributed by atoms with E-state index in [0.717, 1.165) is 6.26 Å².